The Morgan fingerprint density at radius 2 is 1.94 bits per heavy atom. The predicted octanol–water partition coefficient (Wildman–Crippen LogP) is 1.75. The van der Waals surface area contributed by atoms with E-state index in [0.29, 0.717) is 11.7 Å². The molecule has 0 radical (unpaired) electrons. The number of rotatable bonds is 12. The molecule has 0 aliphatic rings. The van der Waals surface area contributed by atoms with E-state index >= 15 is 0 Å². The van der Waals surface area contributed by atoms with E-state index in [2.05, 4.69) is 12.3 Å². The molecular formula is C12H25N2O4-. The van der Waals surface area contributed by atoms with Gasteiger partial charge in [-0.2, -0.15) is 0 Å². The molecule has 0 amide bonds. The van der Waals surface area contributed by atoms with Gasteiger partial charge in [0.15, 0.2) is 0 Å². The maximum Gasteiger partial charge on any atom is 0.324 e. The Hall–Kier alpha value is -0.690. The van der Waals surface area contributed by atoms with Crippen molar-refractivity contribution in [3.63, 3.8) is 0 Å². The van der Waals surface area contributed by atoms with E-state index in [-0.39, 0.29) is 6.61 Å². The molecule has 0 aromatic rings. The molecule has 0 spiro atoms. The van der Waals surface area contributed by atoms with Gasteiger partial charge in [-0.1, -0.05) is 39.0 Å². The van der Waals surface area contributed by atoms with E-state index in [1.54, 1.807) is 0 Å². The van der Waals surface area contributed by atoms with Crippen LogP contribution in [-0.4, -0.2) is 42.6 Å². The van der Waals surface area contributed by atoms with Crippen molar-refractivity contribution in [3.05, 3.63) is 5.21 Å². The largest absolute Gasteiger partial charge is 0.772 e. The predicted molar refractivity (Wildman–Crippen MR) is 69.9 cm³/mol. The van der Waals surface area contributed by atoms with E-state index in [9.17, 15) is 10.0 Å². The van der Waals surface area contributed by atoms with Crippen LogP contribution in [0.3, 0.4) is 0 Å². The van der Waals surface area contributed by atoms with Gasteiger partial charge in [0.2, 0.25) is 0 Å². The number of hydroxylamine groups is 1. The summed E-state index contributed by atoms with van der Waals surface area (Å²) in [5, 5.41) is 20.8. The Balaban J connectivity index is 3.61. The molecule has 0 saturated carbocycles. The van der Waals surface area contributed by atoms with Crippen molar-refractivity contribution in [2.75, 3.05) is 20.3 Å². The number of aliphatic carboxylic acids is 1. The zero-order valence-electron chi connectivity index (χ0n) is 11.4. The van der Waals surface area contributed by atoms with E-state index in [4.69, 9.17) is 9.84 Å². The molecule has 0 aliphatic carbocycles. The molecule has 6 heteroatoms. The number of nitrogens with zero attached hydrogens (tertiary/aromatic N) is 1. The Bertz CT molecular complexity index is 214. The summed E-state index contributed by atoms with van der Waals surface area (Å²) in [6.07, 6.45) is 6.54. The lowest BCUT2D eigenvalue weighted by Crippen LogP contribution is -2.48. The standard InChI is InChI=1S/C12H25N2O4/c1-3-4-5-6-7-8-9-14(17)13-11(10-18-2)12(15)16/h11,13H,3-10H2,1-2H3,(H,15,16)/q-1. The van der Waals surface area contributed by atoms with Gasteiger partial charge < -0.3 is 20.2 Å². The molecule has 2 N–H and O–H groups in total. The lowest BCUT2D eigenvalue weighted by molar-refractivity contribution is -0.142. The third-order valence-corrected chi connectivity index (χ3v) is 2.65. The van der Waals surface area contributed by atoms with E-state index in [1.807, 2.05) is 0 Å². The number of methoxy groups -OCH3 is 1. The summed E-state index contributed by atoms with van der Waals surface area (Å²) in [5.41, 5.74) is 2.37. The van der Waals surface area contributed by atoms with Crippen molar-refractivity contribution in [2.45, 2.75) is 51.5 Å². The third-order valence-electron chi connectivity index (χ3n) is 2.65. The van der Waals surface area contributed by atoms with Crippen molar-refractivity contribution in [1.82, 2.24) is 10.6 Å². The first-order valence-electron chi connectivity index (χ1n) is 6.54. The average molecular weight is 261 g/mol. The number of hydrogen-bond donors (Lipinski definition) is 2. The Kier molecular flexibility index (Phi) is 11.0. The SMILES string of the molecule is CCCCCCCCN([O-])NC(COC)C(=O)O. The molecule has 18 heavy (non-hydrogen) atoms. The smallest absolute Gasteiger partial charge is 0.324 e. The van der Waals surface area contributed by atoms with Crippen LogP contribution < -0.4 is 5.43 Å². The van der Waals surface area contributed by atoms with Crippen LogP contribution in [0.25, 0.3) is 0 Å². The van der Waals surface area contributed by atoms with Crippen molar-refractivity contribution in [3.8, 4) is 0 Å². The first kappa shape index (κ1) is 17.3. The van der Waals surface area contributed by atoms with Crippen LogP contribution >= 0.6 is 0 Å². The van der Waals surface area contributed by atoms with Crippen molar-refractivity contribution >= 4 is 5.97 Å². The molecule has 1 atom stereocenters. The highest BCUT2D eigenvalue weighted by molar-refractivity contribution is 5.73. The second kappa shape index (κ2) is 11.4. The fraction of sp³-hybridized carbons (Fsp3) is 0.917. The molecule has 0 rings (SSSR count). The topological polar surface area (TPSA) is 84.9 Å². The maximum atomic E-state index is 11.4. The Labute approximate surface area is 109 Å². The van der Waals surface area contributed by atoms with Crippen LogP contribution in [0.4, 0.5) is 0 Å². The van der Waals surface area contributed by atoms with Gasteiger partial charge in [-0.05, 0) is 13.0 Å². The number of hydrazine groups is 1. The van der Waals surface area contributed by atoms with Gasteiger partial charge >= 0.3 is 5.97 Å². The molecule has 0 heterocycles. The van der Waals surface area contributed by atoms with Crippen molar-refractivity contribution in [2.24, 2.45) is 0 Å². The molecule has 0 bridgehead atoms. The number of carboxylic acids is 1. The number of unbranched alkanes of at least 4 members (excludes halogenated alkanes) is 5. The highest BCUT2D eigenvalue weighted by atomic mass is 16.5. The van der Waals surface area contributed by atoms with Crippen LogP contribution in [0.15, 0.2) is 0 Å². The summed E-state index contributed by atoms with van der Waals surface area (Å²) in [5.74, 6) is -1.08. The summed E-state index contributed by atoms with van der Waals surface area (Å²) >= 11 is 0. The third kappa shape index (κ3) is 9.35. The number of ether oxygens (including phenoxy) is 1. The van der Waals surface area contributed by atoms with Gasteiger partial charge in [-0.25, -0.2) is 0 Å². The van der Waals surface area contributed by atoms with Gasteiger partial charge in [-0.3, -0.25) is 10.2 Å². The second-order valence-corrected chi connectivity index (χ2v) is 4.35. The van der Waals surface area contributed by atoms with Gasteiger partial charge in [0.1, 0.15) is 6.04 Å². The molecule has 1 unspecified atom stereocenters. The highest BCUT2D eigenvalue weighted by Gasteiger charge is 2.16. The first-order valence-corrected chi connectivity index (χ1v) is 6.54. The molecule has 0 aromatic heterocycles. The normalized spacial score (nSPS) is 12.9. The lowest BCUT2D eigenvalue weighted by atomic mass is 10.1. The summed E-state index contributed by atoms with van der Waals surface area (Å²) in [4.78, 5) is 10.8. The van der Waals surface area contributed by atoms with Gasteiger partial charge in [0, 0.05) is 7.11 Å². The molecule has 0 aliphatic heterocycles. The number of carboxylic acid groups (broad SMARTS) is 1. The summed E-state index contributed by atoms with van der Waals surface area (Å²) in [6, 6.07) is -0.979. The van der Waals surface area contributed by atoms with Gasteiger partial charge in [-0.15, -0.1) is 0 Å². The molecular weight excluding hydrogens is 236 g/mol. The second-order valence-electron chi connectivity index (χ2n) is 4.35. The minimum atomic E-state index is -1.08. The maximum absolute atomic E-state index is 11.4. The first-order chi connectivity index (χ1) is 8.61. The van der Waals surface area contributed by atoms with Crippen molar-refractivity contribution in [1.29, 1.82) is 0 Å². The Morgan fingerprint density at radius 1 is 1.33 bits per heavy atom. The molecule has 0 aromatic carbocycles. The fourth-order valence-corrected chi connectivity index (χ4v) is 1.60. The molecule has 108 valence electrons. The van der Waals surface area contributed by atoms with Crippen LogP contribution in [0.2, 0.25) is 0 Å². The van der Waals surface area contributed by atoms with E-state index in [0.717, 1.165) is 19.3 Å². The zero-order valence-corrected chi connectivity index (χ0v) is 11.4. The Morgan fingerprint density at radius 3 is 2.50 bits per heavy atom. The highest BCUT2D eigenvalue weighted by Crippen LogP contribution is 2.05. The molecule has 6 nitrogen and oxygen atoms in total. The average Bonchev–Trinajstić information content (AvgIpc) is 2.33. The quantitative estimate of drug-likeness (QED) is 0.411. The van der Waals surface area contributed by atoms with Crippen LogP contribution in [0, 0.1) is 5.21 Å². The summed E-state index contributed by atoms with van der Waals surface area (Å²) in [7, 11) is 1.40. The van der Waals surface area contributed by atoms with E-state index in [1.165, 1.54) is 26.4 Å². The molecule has 0 saturated heterocycles. The van der Waals surface area contributed by atoms with Crippen LogP contribution in [0.5, 0.6) is 0 Å². The minimum Gasteiger partial charge on any atom is -0.772 e. The monoisotopic (exact) mass is 261 g/mol. The summed E-state index contributed by atoms with van der Waals surface area (Å²) in [6.45, 7) is 2.44. The van der Waals surface area contributed by atoms with Crippen molar-refractivity contribution < 1.29 is 14.6 Å². The number of carbonyl (C=O) groups is 1. The van der Waals surface area contributed by atoms with Crippen LogP contribution in [0.1, 0.15) is 45.4 Å². The van der Waals surface area contributed by atoms with Gasteiger partial charge in [0.05, 0.1) is 6.61 Å². The summed E-state index contributed by atoms with van der Waals surface area (Å²) < 4.78 is 4.73. The van der Waals surface area contributed by atoms with Gasteiger partial charge in [0.25, 0.3) is 0 Å². The lowest BCUT2D eigenvalue weighted by Gasteiger charge is -2.31. The number of hydrogen-bond acceptors (Lipinski definition) is 5. The fourth-order valence-electron chi connectivity index (χ4n) is 1.60. The van der Waals surface area contributed by atoms with Crippen LogP contribution in [-0.2, 0) is 9.53 Å². The zero-order chi connectivity index (χ0) is 13.8. The molecule has 0 fully saturated rings. The minimum absolute atomic E-state index is 0.0232. The van der Waals surface area contributed by atoms with E-state index < -0.39 is 12.0 Å². The number of nitrogens with one attached hydrogen (secondary N) is 1.